The molecule has 2 heterocycles. The van der Waals surface area contributed by atoms with Crippen LogP contribution in [0.15, 0.2) is 84.9 Å². The highest BCUT2D eigenvalue weighted by molar-refractivity contribution is 5.97. The molecule has 0 saturated carbocycles. The Balaban J connectivity index is 1.30. The smallest absolute Gasteiger partial charge is 0.255 e. The summed E-state index contributed by atoms with van der Waals surface area (Å²) >= 11 is 0. The molecule has 1 saturated heterocycles. The van der Waals surface area contributed by atoms with Gasteiger partial charge in [-0.1, -0.05) is 60.7 Å². The molecule has 8 heteroatoms. The highest BCUT2D eigenvalue weighted by atomic mass is 19.1. The number of nitrogens with zero attached hydrogens (tertiary/aromatic N) is 3. The van der Waals surface area contributed by atoms with Crippen LogP contribution in [0.1, 0.15) is 21.6 Å². The molecule has 200 valence electrons. The van der Waals surface area contributed by atoms with Gasteiger partial charge < -0.3 is 19.1 Å². The summed E-state index contributed by atoms with van der Waals surface area (Å²) in [5.41, 5.74) is 3.58. The summed E-state index contributed by atoms with van der Waals surface area (Å²) in [4.78, 5) is 29.7. The topological polar surface area (TPSA) is 54.8 Å². The van der Waals surface area contributed by atoms with Gasteiger partial charge in [0.1, 0.15) is 18.2 Å². The predicted molar refractivity (Wildman–Crippen MR) is 144 cm³/mol. The van der Waals surface area contributed by atoms with Crippen molar-refractivity contribution in [2.75, 3.05) is 32.8 Å². The molecule has 6 nitrogen and oxygen atoms in total. The van der Waals surface area contributed by atoms with Crippen molar-refractivity contribution in [1.82, 2.24) is 14.4 Å². The number of aromatic nitrogens is 1. The molecule has 39 heavy (non-hydrogen) atoms. The molecule has 0 N–H and O–H groups in total. The quantitative estimate of drug-likeness (QED) is 0.329. The van der Waals surface area contributed by atoms with Crippen LogP contribution < -0.4 is 0 Å². The Morgan fingerprint density at radius 1 is 0.821 bits per heavy atom. The van der Waals surface area contributed by atoms with Crippen molar-refractivity contribution < 1.29 is 23.1 Å². The fourth-order valence-corrected chi connectivity index (χ4v) is 4.87. The Kier molecular flexibility index (Phi) is 7.84. The average Bonchev–Trinajstić information content (AvgIpc) is 3.30. The molecule has 0 atom stereocenters. The maximum atomic E-state index is 14.9. The summed E-state index contributed by atoms with van der Waals surface area (Å²) in [7, 11) is 0. The van der Waals surface area contributed by atoms with Crippen LogP contribution in [0.3, 0.4) is 0 Å². The highest BCUT2D eigenvalue weighted by Gasteiger charge is 2.28. The summed E-state index contributed by atoms with van der Waals surface area (Å²) < 4.78 is 35.8. The molecule has 4 aromatic rings. The van der Waals surface area contributed by atoms with Crippen LogP contribution in [0.25, 0.3) is 16.9 Å². The van der Waals surface area contributed by atoms with Crippen LogP contribution in [0, 0.1) is 18.6 Å². The number of rotatable bonds is 7. The van der Waals surface area contributed by atoms with Crippen LogP contribution in [0.2, 0.25) is 0 Å². The zero-order valence-corrected chi connectivity index (χ0v) is 21.6. The van der Waals surface area contributed by atoms with Crippen LogP contribution in [0.5, 0.6) is 0 Å². The summed E-state index contributed by atoms with van der Waals surface area (Å²) in [6.45, 7) is 3.65. The molecule has 1 aromatic heterocycles. The minimum atomic E-state index is -0.716. The second-order valence-electron chi connectivity index (χ2n) is 9.48. The third kappa shape index (κ3) is 5.76. The molecule has 1 aliphatic heterocycles. The number of ether oxygens (including phenoxy) is 1. The second kappa shape index (κ2) is 11.6. The van der Waals surface area contributed by atoms with E-state index in [1.807, 2.05) is 60.7 Å². The number of amides is 2. The number of halogens is 2. The van der Waals surface area contributed by atoms with E-state index in [-0.39, 0.29) is 24.1 Å². The molecule has 2 amide bonds. The van der Waals surface area contributed by atoms with E-state index >= 15 is 0 Å². The minimum absolute atomic E-state index is 0.0194. The molecule has 1 fully saturated rings. The first-order valence-electron chi connectivity index (χ1n) is 12.8. The maximum Gasteiger partial charge on any atom is 0.255 e. The number of hydrogen-bond donors (Lipinski definition) is 0. The lowest BCUT2D eigenvalue weighted by Gasteiger charge is -2.34. The van der Waals surface area contributed by atoms with Gasteiger partial charge in [0.25, 0.3) is 5.91 Å². The molecule has 0 unspecified atom stereocenters. The third-order valence-corrected chi connectivity index (χ3v) is 6.95. The second-order valence-corrected chi connectivity index (χ2v) is 9.48. The van der Waals surface area contributed by atoms with E-state index in [2.05, 4.69) is 0 Å². The van der Waals surface area contributed by atoms with Gasteiger partial charge in [0, 0.05) is 37.9 Å². The fourth-order valence-electron chi connectivity index (χ4n) is 4.87. The average molecular weight is 530 g/mol. The van der Waals surface area contributed by atoms with Crippen molar-refractivity contribution in [2.45, 2.75) is 13.5 Å². The third-order valence-electron chi connectivity index (χ3n) is 6.95. The summed E-state index contributed by atoms with van der Waals surface area (Å²) in [6, 6.07) is 24.2. The number of carbonyl (C=O) groups is 2. The van der Waals surface area contributed by atoms with Gasteiger partial charge in [-0.15, -0.1) is 0 Å². The van der Waals surface area contributed by atoms with Crippen LogP contribution >= 0.6 is 0 Å². The molecular formula is C31H29F2N3O3. The molecule has 3 aromatic carbocycles. The van der Waals surface area contributed by atoms with Gasteiger partial charge in [0.05, 0.1) is 23.6 Å². The van der Waals surface area contributed by atoms with Crippen molar-refractivity contribution in [3.63, 3.8) is 0 Å². The first-order valence-corrected chi connectivity index (χ1v) is 12.8. The first kappa shape index (κ1) is 26.3. The van der Waals surface area contributed by atoms with Crippen molar-refractivity contribution in [1.29, 1.82) is 0 Å². The molecule has 0 aliphatic carbocycles. The number of carbonyl (C=O) groups excluding carboxylic acids is 2. The normalized spacial score (nSPS) is 13.5. The van der Waals surface area contributed by atoms with E-state index in [1.54, 1.807) is 27.4 Å². The fraction of sp³-hybridized carbons (Fsp3) is 0.226. The highest BCUT2D eigenvalue weighted by Crippen LogP contribution is 2.31. The van der Waals surface area contributed by atoms with E-state index in [1.165, 1.54) is 12.1 Å². The van der Waals surface area contributed by atoms with E-state index in [0.717, 1.165) is 17.2 Å². The number of piperazine rings is 1. The lowest BCUT2D eigenvalue weighted by Crippen LogP contribution is -2.51. The summed E-state index contributed by atoms with van der Waals surface area (Å²) in [6.07, 6.45) is 0. The van der Waals surface area contributed by atoms with E-state index in [0.29, 0.717) is 49.7 Å². The van der Waals surface area contributed by atoms with Gasteiger partial charge in [-0.05, 0) is 36.2 Å². The number of hydrogen-bond acceptors (Lipinski definition) is 3. The number of benzene rings is 3. The molecule has 5 rings (SSSR count). The van der Waals surface area contributed by atoms with Gasteiger partial charge in [-0.3, -0.25) is 9.59 Å². The molecular weight excluding hydrogens is 500 g/mol. The van der Waals surface area contributed by atoms with E-state index in [9.17, 15) is 18.4 Å². The van der Waals surface area contributed by atoms with Crippen molar-refractivity contribution in [3.8, 4) is 16.9 Å². The van der Waals surface area contributed by atoms with Gasteiger partial charge in [0.15, 0.2) is 0 Å². The van der Waals surface area contributed by atoms with Crippen LogP contribution in [0.4, 0.5) is 8.78 Å². The van der Waals surface area contributed by atoms with Gasteiger partial charge >= 0.3 is 0 Å². The molecule has 1 aliphatic rings. The molecule has 0 spiro atoms. The minimum Gasteiger partial charge on any atom is -0.367 e. The van der Waals surface area contributed by atoms with Crippen molar-refractivity contribution in [3.05, 3.63) is 113 Å². The SMILES string of the molecule is Cc1c(C(=O)N2CCN(C(=O)COCc3ccccc3)CC2)cc(-c2ccccc2)n1-c1ccc(F)cc1F. The predicted octanol–water partition coefficient (Wildman–Crippen LogP) is 5.23. The Hall–Kier alpha value is -4.30. The zero-order valence-electron chi connectivity index (χ0n) is 21.6. The summed E-state index contributed by atoms with van der Waals surface area (Å²) in [5.74, 6) is -1.69. The van der Waals surface area contributed by atoms with Crippen molar-refractivity contribution >= 4 is 11.8 Å². The molecule has 0 radical (unpaired) electrons. The Labute approximate surface area is 226 Å². The lowest BCUT2D eigenvalue weighted by molar-refractivity contribution is -0.138. The lowest BCUT2D eigenvalue weighted by atomic mass is 10.1. The summed E-state index contributed by atoms with van der Waals surface area (Å²) in [5, 5.41) is 0. The zero-order chi connectivity index (χ0) is 27.4. The Morgan fingerprint density at radius 2 is 1.46 bits per heavy atom. The Bertz CT molecular complexity index is 1460. The monoisotopic (exact) mass is 529 g/mol. The van der Waals surface area contributed by atoms with E-state index in [4.69, 9.17) is 4.74 Å². The van der Waals surface area contributed by atoms with Gasteiger partial charge in [0.2, 0.25) is 5.91 Å². The van der Waals surface area contributed by atoms with Crippen LogP contribution in [-0.4, -0.2) is 59.0 Å². The van der Waals surface area contributed by atoms with Crippen LogP contribution in [-0.2, 0) is 16.1 Å². The van der Waals surface area contributed by atoms with E-state index < -0.39 is 11.6 Å². The van der Waals surface area contributed by atoms with Gasteiger partial charge in [-0.25, -0.2) is 8.78 Å². The maximum absolute atomic E-state index is 14.9. The first-order chi connectivity index (χ1) is 18.9. The van der Waals surface area contributed by atoms with Crippen molar-refractivity contribution in [2.24, 2.45) is 0 Å². The Morgan fingerprint density at radius 3 is 2.13 bits per heavy atom. The standard InChI is InChI=1S/C31H29F2N3O3/c1-22-26(19-29(24-10-6-3-7-11-24)36(22)28-13-12-25(32)18-27(28)33)31(38)35-16-14-34(15-17-35)30(37)21-39-20-23-8-4-2-5-9-23/h2-13,18-19H,14-17,20-21H2,1H3. The molecule has 0 bridgehead atoms. The van der Waals surface area contributed by atoms with Gasteiger partial charge in [-0.2, -0.15) is 0 Å². The largest absolute Gasteiger partial charge is 0.367 e.